The SMILES string of the molecule is COc1ccc(N2C[C@@H](C)N[C@@H](C)C2)cc1NS(=O)(=O)c1ccc(-c2cccc(Cl)c2)cc1. The average molecular weight is 486 g/mol. The van der Waals surface area contributed by atoms with Gasteiger partial charge in [0.15, 0.2) is 0 Å². The van der Waals surface area contributed by atoms with Crippen molar-refractivity contribution in [2.24, 2.45) is 0 Å². The maximum absolute atomic E-state index is 13.2. The second-order valence-corrected chi connectivity index (χ2v) is 10.5. The zero-order valence-corrected chi connectivity index (χ0v) is 20.5. The standard InChI is InChI=1S/C25H28ClN3O3S/c1-17-15-29(16-18(2)27-17)22-9-12-25(32-3)24(14-22)28-33(30,31)23-10-7-19(8-11-23)20-5-4-6-21(26)13-20/h4-14,17-18,27-28H,15-16H2,1-3H3/t17-,18+. The van der Waals surface area contributed by atoms with Gasteiger partial charge < -0.3 is 15.0 Å². The molecule has 6 nitrogen and oxygen atoms in total. The van der Waals surface area contributed by atoms with Crippen molar-refractivity contribution in [3.8, 4) is 16.9 Å². The van der Waals surface area contributed by atoms with Crippen LogP contribution < -0.4 is 19.7 Å². The first-order valence-electron chi connectivity index (χ1n) is 10.8. The van der Waals surface area contributed by atoms with Gasteiger partial charge in [-0.2, -0.15) is 0 Å². The number of sulfonamides is 1. The van der Waals surface area contributed by atoms with E-state index >= 15 is 0 Å². The minimum absolute atomic E-state index is 0.171. The molecule has 8 heteroatoms. The molecule has 3 aromatic rings. The summed E-state index contributed by atoms with van der Waals surface area (Å²) in [7, 11) is -2.28. The number of anilines is 2. The van der Waals surface area contributed by atoms with Gasteiger partial charge in [0.25, 0.3) is 10.0 Å². The lowest BCUT2D eigenvalue weighted by Crippen LogP contribution is -2.54. The topological polar surface area (TPSA) is 70.7 Å². The van der Waals surface area contributed by atoms with Crippen molar-refractivity contribution in [1.82, 2.24) is 5.32 Å². The molecule has 0 amide bonds. The first-order chi connectivity index (χ1) is 15.7. The Labute approximate surface area is 200 Å². The van der Waals surface area contributed by atoms with E-state index in [1.165, 1.54) is 7.11 Å². The Morgan fingerprint density at radius 2 is 1.67 bits per heavy atom. The van der Waals surface area contributed by atoms with E-state index in [4.69, 9.17) is 16.3 Å². The lowest BCUT2D eigenvalue weighted by Gasteiger charge is -2.38. The Hall–Kier alpha value is -2.74. The number of ether oxygens (including phenoxy) is 1. The van der Waals surface area contributed by atoms with Gasteiger partial charge in [0, 0.05) is 35.9 Å². The molecule has 33 heavy (non-hydrogen) atoms. The summed E-state index contributed by atoms with van der Waals surface area (Å²) in [4.78, 5) is 2.42. The lowest BCUT2D eigenvalue weighted by molar-refractivity contribution is 0.406. The third-order valence-electron chi connectivity index (χ3n) is 5.67. The molecule has 2 N–H and O–H groups in total. The molecule has 0 spiro atoms. The summed E-state index contributed by atoms with van der Waals surface area (Å²) in [6.45, 7) is 5.97. The van der Waals surface area contributed by atoms with Crippen molar-refractivity contribution >= 4 is 33.0 Å². The van der Waals surface area contributed by atoms with Gasteiger partial charge in [-0.15, -0.1) is 0 Å². The summed E-state index contributed by atoms with van der Waals surface area (Å²) < 4.78 is 34.4. The highest BCUT2D eigenvalue weighted by atomic mass is 35.5. The summed E-state index contributed by atoms with van der Waals surface area (Å²) in [6.07, 6.45) is 0. The van der Waals surface area contributed by atoms with Crippen molar-refractivity contribution in [2.45, 2.75) is 30.8 Å². The van der Waals surface area contributed by atoms with Gasteiger partial charge in [-0.05, 0) is 67.4 Å². The number of hydrogen-bond donors (Lipinski definition) is 2. The van der Waals surface area contributed by atoms with Gasteiger partial charge in [-0.3, -0.25) is 4.72 Å². The molecule has 1 aliphatic rings. The fraction of sp³-hybridized carbons (Fsp3) is 0.280. The monoisotopic (exact) mass is 485 g/mol. The van der Waals surface area contributed by atoms with Gasteiger partial charge in [0.05, 0.1) is 17.7 Å². The number of methoxy groups -OCH3 is 1. The molecule has 1 heterocycles. The summed E-state index contributed by atoms with van der Waals surface area (Å²) in [5, 5.41) is 4.14. The molecule has 0 aliphatic carbocycles. The molecule has 2 atom stereocenters. The van der Waals surface area contributed by atoms with Crippen LogP contribution in [0.2, 0.25) is 5.02 Å². The smallest absolute Gasteiger partial charge is 0.262 e. The largest absolute Gasteiger partial charge is 0.495 e. The van der Waals surface area contributed by atoms with Crippen molar-refractivity contribution in [3.63, 3.8) is 0 Å². The summed E-state index contributed by atoms with van der Waals surface area (Å²) in [5.74, 6) is 0.467. The Bertz CT molecular complexity index is 1220. The third kappa shape index (κ3) is 5.43. The minimum atomic E-state index is -3.81. The lowest BCUT2D eigenvalue weighted by atomic mass is 10.1. The Morgan fingerprint density at radius 3 is 2.30 bits per heavy atom. The van der Waals surface area contributed by atoms with Crippen molar-refractivity contribution in [3.05, 3.63) is 71.8 Å². The number of piperazine rings is 1. The first-order valence-corrected chi connectivity index (χ1v) is 12.7. The minimum Gasteiger partial charge on any atom is -0.495 e. The molecule has 0 bridgehead atoms. The van der Waals surface area contributed by atoms with Crippen molar-refractivity contribution < 1.29 is 13.2 Å². The van der Waals surface area contributed by atoms with Crippen LogP contribution in [0.4, 0.5) is 11.4 Å². The van der Waals surface area contributed by atoms with Crippen molar-refractivity contribution in [2.75, 3.05) is 29.8 Å². The molecule has 3 aromatic carbocycles. The molecule has 0 radical (unpaired) electrons. The van der Waals surface area contributed by atoms with E-state index in [9.17, 15) is 8.42 Å². The fourth-order valence-electron chi connectivity index (χ4n) is 4.21. The van der Waals surface area contributed by atoms with E-state index in [-0.39, 0.29) is 4.90 Å². The summed E-state index contributed by atoms with van der Waals surface area (Å²) >= 11 is 6.08. The molecular formula is C25H28ClN3O3S. The quantitative estimate of drug-likeness (QED) is 0.514. The van der Waals surface area contributed by atoms with Crippen LogP contribution in [-0.4, -0.2) is 40.7 Å². The zero-order chi connectivity index (χ0) is 23.6. The second kappa shape index (κ2) is 9.63. The highest BCUT2D eigenvalue weighted by molar-refractivity contribution is 7.92. The van der Waals surface area contributed by atoms with Crippen LogP contribution in [0.1, 0.15) is 13.8 Å². The predicted molar refractivity (Wildman–Crippen MR) is 135 cm³/mol. The van der Waals surface area contributed by atoms with Crippen LogP contribution in [0.5, 0.6) is 5.75 Å². The predicted octanol–water partition coefficient (Wildman–Crippen LogP) is 5.00. The van der Waals surface area contributed by atoms with E-state index in [1.54, 1.807) is 36.4 Å². The van der Waals surface area contributed by atoms with Gasteiger partial charge in [0.2, 0.25) is 0 Å². The van der Waals surface area contributed by atoms with E-state index in [0.29, 0.717) is 28.5 Å². The zero-order valence-electron chi connectivity index (χ0n) is 18.9. The van der Waals surface area contributed by atoms with Crippen LogP contribution in [0.15, 0.2) is 71.6 Å². The van der Waals surface area contributed by atoms with E-state index in [0.717, 1.165) is 29.9 Å². The van der Waals surface area contributed by atoms with Crippen LogP contribution in [-0.2, 0) is 10.0 Å². The highest BCUT2D eigenvalue weighted by Gasteiger charge is 2.23. The number of nitrogens with zero attached hydrogens (tertiary/aromatic N) is 1. The Morgan fingerprint density at radius 1 is 0.970 bits per heavy atom. The maximum atomic E-state index is 13.2. The van der Waals surface area contributed by atoms with E-state index in [2.05, 4.69) is 28.8 Å². The number of nitrogens with one attached hydrogen (secondary N) is 2. The first kappa shape index (κ1) is 23.4. The van der Waals surface area contributed by atoms with E-state index < -0.39 is 10.0 Å². The number of halogens is 1. The Balaban J connectivity index is 1.59. The maximum Gasteiger partial charge on any atom is 0.262 e. The molecule has 0 saturated carbocycles. The molecule has 1 saturated heterocycles. The molecule has 174 valence electrons. The third-order valence-corrected chi connectivity index (χ3v) is 7.29. The van der Waals surface area contributed by atoms with Crippen LogP contribution in [0.3, 0.4) is 0 Å². The number of hydrogen-bond acceptors (Lipinski definition) is 5. The number of benzene rings is 3. The molecule has 1 aliphatic heterocycles. The summed E-state index contributed by atoms with van der Waals surface area (Å²) in [6, 6.07) is 20.5. The molecule has 0 unspecified atom stereocenters. The van der Waals surface area contributed by atoms with Crippen LogP contribution in [0.25, 0.3) is 11.1 Å². The van der Waals surface area contributed by atoms with Crippen LogP contribution in [0, 0.1) is 0 Å². The highest BCUT2D eigenvalue weighted by Crippen LogP contribution is 2.33. The Kier molecular flexibility index (Phi) is 6.83. The second-order valence-electron chi connectivity index (χ2n) is 8.40. The fourth-order valence-corrected chi connectivity index (χ4v) is 5.46. The summed E-state index contributed by atoms with van der Waals surface area (Å²) in [5.41, 5.74) is 3.17. The van der Waals surface area contributed by atoms with Crippen molar-refractivity contribution in [1.29, 1.82) is 0 Å². The van der Waals surface area contributed by atoms with Crippen LogP contribution >= 0.6 is 11.6 Å². The van der Waals surface area contributed by atoms with E-state index in [1.807, 2.05) is 30.3 Å². The number of rotatable bonds is 6. The molecule has 1 fully saturated rings. The van der Waals surface area contributed by atoms with Gasteiger partial charge in [-0.25, -0.2) is 8.42 Å². The average Bonchev–Trinajstić information content (AvgIpc) is 2.78. The molecule has 0 aromatic heterocycles. The normalized spacial score (nSPS) is 18.7. The van der Waals surface area contributed by atoms with Gasteiger partial charge in [-0.1, -0.05) is 35.9 Å². The molecular weight excluding hydrogens is 458 g/mol. The van der Waals surface area contributed by atoms with Gasteiger partial charge >= 0.3 is 0 Å². The molecule has 4 rings (SSSR count). The van der Waals surface area contributed by atoms with Gasteiger partial charge in [0.1, 0.15) is 5.75 Å².